The Kier molecular flexibility index (Phi) is 3.89. The van der Waals surface area contributed by atoms with Crippen LogP contribution in [-0.4, -0.2) is 9.97 Å². The van der Waals surface area contributed by atoms with E-state index in [2.05, 4.69) is 22.1 Å². The van der Waals surface area contributed by atoms with Crippen LogP contribution in [0.15, 0.2) is 71.7 Å². The molecule has 0 bridgehead atoms. The van der Waals surface area contributed by atoms with Gasteiger partial charge in [0.25, 0.3) is 0 Å². The van der Waals surface area contributed by atoms with Gasteiger partial charge in [-0.2, -0.15) is 10.5 Å². The number of fused-ring (bicyclic) bond motifs is 1. The van der Waals surface area contributed by atoms with Crippen LogP contribution in [0.25, 0.3) is 11.0 Å². The summed E-state index contributed by atoms with van der Waals surface area (Å²) in [4.78, 5) is 8.22. The fourth-order valence-electron chi connectivity index (χ4n) is 3.08. The lowest BCUT2D eigenvalue weighted by Gasteiger charge is -2.16. The van der Waals surface area contributed by atoms with E-state index in [1.54, 1.807) is 30.6 Å². The van der Waals surface area contributed by atoms with Crippen molar-refractivity contribution in [2.45, 2.75) is 5.92 Å². The summed E-state index contributed by atoms with van der Waals surface area (Å²) in [6.45, 7) is 0. The Bertz CT molecular complexity index is 1130. The molecule has 0 amide bonds. The summed E-state index contributed by atoms with van der Waals surface area (Å²) in [6.07, 6.45) is 4.89. The van der Waals surface area contributed by atoms with Crippen LogP contribution in [0.5, 0.6) is 0 Å². The maximum Gasteiger partial charge on any atom is 0.134 e. The Morgan fingerprint density at radius 2 is 1.73 bits per heavy atom. The molecular formula is C21H12N4O. The molecule has 0 radical (unpaired) electrons. The third-order valence-corrected chi connectivity index (χ3v) is 4.26. The molecule has 5 heteroatoms. The molecule has 122 valence electrons. The van der Waals surface area contributed by atoms with Crippen molar-refractivity contribution in [1.29, 1.82) is 10.5 Å². The molecule has 0 aliphatic carbocycles. The average molecular weight is 336 g/mol. The number of nitriles is 2. The zero-order valence-electron chi connectivity index (χ0n) is 13.6. The maximum absolute atomic E-state index is 9.60. The largest absolute Gasteiger partial charge is 0.460 e. The fourth-order valence-corrected chi connectivity index (χ4v) is 3.08. The van der Waals surface area contributed by atoms with Crippen LogP contribution in [0.1, 0.15) is 33.9 Å². The van der Waals surface area contributed by atoms with Crippen molar-refractivity contribution >= 4 is 11.0 Å². The topological polar surface area (TPSA) is 86.5 Å². The highest BCUT2D eigenvalue weighted by atomic mass is 16.3. The number of furan rings is 1. The number of hydrogen-bond acceptors (Lipinski definition) is 5. The van der Waals surface area contributed by atoms with Crippen LogP contribution >= 0.6 is 0 Å². The minimum atomic E-state index is -0.342. The molecule has 4 rings (SSSR count). The van der Waals surface area contributed by atoms with E-state index in [1.165, 1.54) is 6.33 Å². The number of rotatable bonds is 3. The molecule has 0 saturated heterocycles. The zero-order chi connectivity index (χ0) is 17.9. The van der Waals surface area contributed by atoms with E-state index in [0.29, 0.717) is 16.9 Å². The summed E-state index contributed by atoms with van der Waals surface area (Å²) in [5.74, 6) is 0.355. The highest BCUT2D eigenvalue weighted by Gasteiger charge is 2.24. The van der Waals surface area contributed by atoms with E-state index in [0.717, 1.165) is 22.1 Å². The first-order chi connectivity index (χ1) is 12.8. The van der Waals surface area contributed by atoms with E-state index in [1.807, 2.05) is 30.3 Å². The van der Waals surface area contributed by atoms with E-state index < -0.39 is 0 Å². The molecule has 0 N–H and O–H groups in total. The minimum Gasteiger partial charge on any atom is -0.460 e. The van der Waals surface area contributed by atoms with Gasteiger partial charge in [0.05, 0.1) is 29.2 Å². The second-order valence-corrected chi connectivity index (χ2v) is 5.82. The second kappa shape index (κ2) is 6.51. The Labute approximate surface area is 149 Å². The standard InChI is InChI=1S/C21H12N4O/c22-9-14-5-6-18(16(7-14)10-23)21(17-11-24-13-25-12-17)20-8-15-3-1-2-4-19(15)26-20/h1-8,11-13,21H. The summed E-state index contributed by atoms with van der Waals surface area (Å²) in [6, 6.07) is 19.1. The van der Waals surface area contributed by atoms with Gasteiger partial charge < -0.3 is 4.42 Å². The van der Waals surface area contributed by atoms with Gasteiger partial charge in [-0.1, -0.05) is 24.3 Å². The number of benzene rings is 2. The molecule has 0 fully saturated rings. The smallest absolute Gasteiger partial charge is 0.134 e. The lowest BCUT2D eigenvalue weighted by Crippen LogP contribution is -2.06. The number of aromatic nitrogens is 2. The first kappa shape index (κ1) is 15.6. The molecule has 1 atom stereocenters. The number of nitrogens with zero attached hydrogens (tertiary/aromatic N) is 4. The lowest BCUT2D eigenvalue weighted by molar-refractivity contribution is 0.540. The van der Waals surface area contributed by atoms with Crippen LogP contribution in [-0.2, 0) is 0 Å². The van der Waals surface area contributed by atoms with Crippen LogP contribution in [0.3, 0.4) is 0 Å². The Balaban J connectivity index is 1.96. The molecule has 2 aromatic heterocycles. The highest BCUT2D eigenvalue weighted by molar-refractivity contribution is 5.78. The number of hydrogen-bond donors (Lipinski definition) is 0. The van der Waals surface area contributed by atoms with Crippen molar-refractivity contribution in [2.24, 2.45) is 0 Å². The van der Waals surface area contributed by atoms with E-state index >= 15 is 0 Å². The Morgan fingerprint density at radius 3 is 2.46 bits per heavy atom. The van der Waals surface area contributed by atoms with Gasteiger partial charge in [-0.15, -0.1) is 0 Å². The number of para-hydroxylation sites is 1. The Morgan fingerprint density at radius 1 is 0.923 bits per heavy atom. The molecule has 0 saturated carbocycles. The predicted molar refractivity (Wildman–Crippen MR) is 95.1 cm³/mol. The predicted octanol–water partition coefficient (Wildman–Crippen LogP) is 4.15. The van der Waals surface area contributed by atoms with Gasteiger partial charge in [0.15, 0.2) is 0 Å². The summed E-state index contributed by atoms with van der Waals surface area (Å²) < 4.78 is 6.07. The summed E-state index contributed by atoms with van der Waals surface area (Å²) in [5, 5.41) is 19.7. The molecular weight excluding hydrogens is 324 g/mol. The van der Waals surface area contributed by atoms with Crippen molar-refractivity contribution in [3.63, 3.8) is 0 Å². The molecule has 4 aromatic rings. The third-order valence-electron chi connectivity index (χ3n) is 4.26. The van der Waals surface area contributed by atoms with E-state index in [4.69, 9.17) is 9.68 Å². The van der Waals surface area contributed by atoms with Gasteiger partial charge in [0.1, 0.15) is 17.7 Å². The van der Waals surface area contributed by atoms with Gasteiger partial charge in [0, 0.05) is 23.3 Å². The molecule has 0 aliphatic rings. The normalized spacial score (nSPS) is 11.6. The fraction of sp³-hybridized carbons (Fsp3) is 0.0476. The lowest BCUT2D eigenvalue weighted by atomic mass is 9.87. The highest BCUT2D eigenvalue weighted by Crippen LogP contribution is 2.36. The van der Waals surface area contributed by atoms with Crippen molar-refractivity contribution in [1.82, 2.24) is 9.97 Å². The van der Waals surface area contributed by atoms with Gasteiger partial charge >= 0.3 is 0 Å². The first-order valence-electron chi connectivity index (χ1n) is 7.97. The van der Waals surface area contributed by atoms with Crippen molar-refractivity contribution in [3.8, 4) is 12.1 Å². The van der Waals surface area contributed by atoms with Crippen LogP contribution in [0.2, 0.25) is 0 Å². The van der Waals surface area contributed by atoms with Crippen molar-refractivity contribution in [2.75, 3.05) is 0 Å². The van der Waals surface area contributed by atoms with Crippen molar-refractivity contribution in [3.05, 3.63) is 95.3 Å². The van der Waals surface area contributed by atoms with Gasteiger partial charge in [0.2, 0.25) is 0 Å². The van der Waals surface area contributed by atoms with Gasteiger partial charge in [-0.3, -0.25) is 0 Å². The molecule has 1 unspecified atom stereocenters. The molecule has 2 aromatic carbocycles. The average Bonchev–Trinajstić information content (AvgIpc) is 3.12. The van der Waals surface area contributed by atoms with Gasteiger partial charge in [-0.25, -0.2) is 9.97 Å². The summed E-state index contributed by atoms with van der Waals surface area (Å²) in [7, 11) is 0. The van der Waals surface area contributed by atoms with E-state index in [-0.39, 0.29) is 5.92 Å². The molecule has 5 nitrogen and oxygen atoms in total. The summed E-state index contributed by atoms with van der Waals surface area (Å²) >= 11 is 0. The van der Waals surface area contributed by atoms with Crippen molar-refractivity contribution < 1.29 is 4.42 Å². The second-order valence-electron chi connectivity index (χ2n) is 5.82. The SMILES string of the molecule is N#Cc1ccc(C(c2cncnc2)c2cc3ccccc3o2)c(C#N)c1. The quantitative estimate of drug-likeness (QED) is 0.561. The Hall–Kier alpha value is -3.96. The first-order valence-corrected chi connectivity index (χ1v) is 7.97. The third kappa shape index (κ3) is 2.68. The maximum atomic E-state index is 9.60. The molecule has 0 spiro atoms. The molecule has 0 aliphatic heterocycles. The minimum absolute atomic E-state index is 0.342. The molecule has 26 heavy (non-hydrogen) atoms. The van der Waals surface area contributed by atoms with Crippen LogP contribution in [0.4, 0.5) is 0 Å². The van der Waals surface area contributed by atoms with Crippen LogP contribution < -0.4 is 0 Å². The molecule has 2 heterocycles. The summed E-state index contributed by atoms with van der Waals surface area (Å²) in [5.41, 5.74) is 3.21. The van der Waals surface area contributed by atoms with E-state index in [9.17, 15) is 5.26 Å². The van der Waals surface area contributed by atoms with Gasteiger partial charge in [-0.05, 0) is 29.8 Å². The zero-order valence-corrected chi connectivity index (χ0v) is 13.6. The monoisotopic (exact) mass is 336 g/mol. The van der Waals surface area contributed by atoms with Crippen LogP contribution in [0, 0.1) is 22.7 Å².